The molecule has 8 nitrogen and oxygen atoms in total. The van der Waals surface area contributed by atoms with Gasteiger partial charge >= 0.3 is 5.69 Å². The molecule has 1 aromatic carbocycles. The fraction of sp³-hybridized carbons (Fsp3) is 0.143. The van der Waals surface area contributed by atoms with Crippen molar-refractivity contribution in [1.82, 2.24) is 24.1 Å². The first-order valence-corrected chi connectivity index (χ1v) is 6.52. The Morgan fingerprint density at radius 3 is 2.82 bits per heavy atom. The third-order valence-electron chi connectivity index (χ3n) is 3.23. The zero-order chi connectivity index (χ0) is 15.7. The Morgan fingerprint density at radius 1 is 1.23 bits per heavy atom. The van der Waals surface area contributed by atoms with Crippen molar-refractivity contribution in [2.24, 2.45) is 7.05 Å². The summed E-state index contributed by atoms with van der Waals surface area (Å²) in [6.07, 6.45) is 3.09. The summed E-state index contributed by atoms with van der Waals surface area (Å²) >= 11 is 0. The minimum atomic E-state index is -0.417. The molecule has 0 bridgehead atoms. The predicted octanol–water partition coefficient (Wildman–Crippen LogP) is -0.118. The Hall–Kier alpha value is -3.16. The average Bonchev–Trinajstić information content (AvgIpc) is 2.97. The van der Waals surface area contributed by atoms with Crippen LogP contribution in [-0.4, -0.2) is 29.2 Å². The van der Waals surface area contributed by atoms with Crippen molar-refractivity contribution in [2.75, 3.05) is 0 Å². The van der Waals surface area contributed by atoms with Crippen molar-refractivity contribution in [3.8, 4) is 11.4 Å². The Morgan fingerprint density at radius 2 is 2.05 bits per heavy atom. The number of phenolic OH excluding ortho intramolecular Hbond substituents is 1. The van der Waals surface area contributed by atoms with Gasteiger partial charge in [-0.15, -0.1) is 5.10 Å². The van der Waals surface area contributed by atoms with Crippen LogP contribution in [0.15, 0.2) is 52.3 Å². The minimum Gasteiger partial charge on any atom is -0.508 e. The summed E-state index contributed by atoms with van der Waals surface area (Å²) in [5.41, 5.74) is 0.444. The molecule has 8 heteroatoms. The molecule has 2 aromatic heterocycles. The van der Waals surface area contributed by atoms with Gasteiger partial charge in [-0.3, -0.25) is 13.9 Å². The van der Waals surface area contributed by atoms with Crippen LogP contribution in [0.2, 0.25) is 0 Å². The molecule has 0 saturated heterocycles. The molecule has 1 N–H and O–H groups in total. The first-order valence-electron chi connectivity index (χ1n) is 6.52. The molecule has 3 aromatic rings. The van der Waals surface area contributed by atoms with E-state index < -0.39 is 5.69 Å². The predicted molar refractivity (Wildman–Crippen MR) is 78.1 cm³/mol. The van der Waals surface area contributed by atoms with E-state index in [1.807, 2.05) is 0 Å². The number of benzene rings is 1. The highest BCUT2D eigenvalue weighted by atomic mass is 16.3. The van der Waals surface area contributed by atoms with Gasteiger partial charge in [-0.2, -0.15) is 0 Å². The monoisotopic (exact) mass is 299 g/mol. The first kappa shape index (κ1) is 13.8. The van der Waals surface area contributed by atoms with E-state index in [-0.39, 0.29) is 17.9 Å². The number of hydrogen-bond acceptors (Lipinski definition) is 5. The summed E-state index contributed by atoms with van der Waals surface area (Å²) in [5, 5.41) is 17.4. The van der Waals surface area contributed by atoms with Crippen LogP contribution in [0.1, 0.15) is 5.69 Å². The van der Waals surface area contributed by atoms with Crippen LogP contribution in [0.4, 0.5) is 0 Å². The van der Waals surface area contributed by atoms with Gasteiger partial charge in [0.05, 0.1) is 18.4 Å². The van der Waals surface area contributed by atoms with Crippen LogP contribution >= 0.6 is 0 Å². The second kappa shape index (κ2) is 5.32. The molecule has 0 aliphatic heterocycles. The maximum absolute atomic E-state index is 12.0. The smallest absolute Gasteiger partial charge is 0.331 e. The maximum Gasteiger partial charge on any atom is 0.331 e. The molecule has 2 heterocycles. The number of hydrogen-bond donors (Lipinski definition) is 1. The highest BCUT2D eigenvalue weighted by molar-refractivity contribution is 5.37. The van der Waals surface area contributed by atoms with Crippen molar-refractivity contribution in [2.45, 2.75) is 6.54 Å². The molecule has 0 fully saturated rings. The summed E-state index contributed by atoms with van der Waals surface area (Å²) in [5.74, 6) is 0.129. The number of nitrogens with zero attached hydrogens (tertiary/aromatic N) is 5. The minimum absolute atomic E-state index is 0.129. The third kappa shape index (κ3) is 2.53. The van der Waals surface area contributed by atoms with E-state index in [0.29, 0.717) is 11.4 Å². The van der Waals surface area contributed by atoms with E-state index in [1.165, 1.54) is 28.6 Å². The quantitative estimate of drug-likeness (QED) is 0.727. The zero-order valence-electron chi connectivity index (χ0n) is 11.7. The van der Waals surface area contributed by atoms with Crippen molar-refractivity contribution in [1.29, 1.82) is 0 Å². The molecule has 0 saturated carbocycles. The van der Waals surface area contributed by atoms with E-state index >= 15 is 0 Å². The highest BCUT2D eigenvalue weighted by Gasteiger charge is 2.07. The van der Waals surface area contributed by atoms with E-state index in [1.54, 1.807) is 30.5 Å². The molecular formula is C14H13N5O3. The Bertz CT molecular complexity index is 938. The Labute approximate surface area is 124 Å². The van der Waals surface area contributed by atoms with Crippen LogP contribution < -0.4 is 11.2 Å². The van der Waals surface area contributed by atoms with Gasteiger partial charge in [0.2, 0.25) is 0 Å². The van der Waals surface area contributed by atoms with Crippen molar-refractivity contribution < 1.29 is 5.11 Å². The lowest BCUT2D eigenvalue weighted by molar-refractivity contribution is 0.474. The van der Waals surface area contributed by atoms with E-state index in [2.05, 4.69) is 10.3 Å². The lowest BCUT2D eigenvalue weighted by atomic mass is 10.3. The normalized spacial score (nSPS) is 10.8. The molecule has 0 atom stereocenters. The van der Waals surface area contributed by atoms with Crippen molar-refractivity contribution in [3.63, 3.8) is 0 Å². The Balaban J connectivity index is 1.91. The van der Waals surface area contributed by atoms with Crippen LogP contribution in [0.25, 0.3) is 5.69 Å². The fourth-order valence-corrected chi connectivity index (χ4v) is 2.04. The lowest BCUT2D eigenvalue weighted by Gasteiger charge is -2.04. The SMILES string of the molecule is Cn1c(=O)ccn(Cc2cn(-c3cccc(O)c3)nn2)c1=O. The molecule has 0 aliphatic rings. The van der Waals surface area contributed by atoms with Crippen molar-refractivity contribution >= 4 is 0 Å². The van der Waals surface area contributed by atoms with E-state index in [0.717, 1.165) is 4.57 Å². The summed E-state index contributed by atoms with van der Waals surface area (Å²) in [4.78, 5) is 23.3. The number of aromatic nitrogens is 5. The van der Waals surface area contributed by atoms with Gasteiger partial charge in [-0.25, -0.2) is 9.48 Å². The van der Waals surface area contributed by atoms with Crippen LogP contribution in [-0.2, 0) is 13.6 Å². The number of rotatable bonds is 3. The second-order valence-electron chi connectivity index (χ2n) is 4.80. The molecule has 0 aliphatic carbocycles. The molecule has 3 rings (SSSR count). The number of phenols is 1. The molecule has 112 valence electrons. The summed E-state index contributed by atoms with van der Waals surface area (Å²) in [7, 11) is 1.42. The van der Waals surface area contributed by atoms with Gasteiger partial charge in [0.15, 0.2) is 0 Å². The highest BCUT2D eigenvalue weighted by Crippen LogP contribution is 2.14. The largest absolute Gasteiger partial charge is 0.508 e. The average molecular weight is 299 g/mol. The van der Waals surface area contributed by atoms with Crippen LogP contribution in [0.5, 0.6) is 5.75 Å². The maximum atomic E-state index is 12.0. The zero-order valence-corrected chi connectivity index (χ0v) is 11.7. The van der Waals surface area contributed by atoms with Gasteiger partial charge in [-0.1, -0.05) is 11.3 Å². The summed E-state index contributed by atoms with van der Waals surface area (Å²) in [6.45, 7) is 0.200. The van der Waals surface area contributed by atoms with Gasteiger partial charge < -0.3 is 5.11 Å². The van der Waals surface area contributed by atoms with Gasteiger partial charge in [0.1, 0.15) is 11.4 Å². The topological polar surface area (TPSA) is 94.9 Å². The summed E-state index contributed by atoms with van der Waals surface area (Å²) < 4.78 is 3.90. The van der Waals surface area contributed by atoms with Crippen molar-refractivity contribution in [3.05, 3.63) is 69.3 Å². The van der Waals surface area contributed by atoms with Crippen LogP contribution in [0.3, 0.4) is 0 Å². The first-order chi connectivity index (χ1) is 10.5. The van der Waals surface area contributed by atoms with Gasteiger partial charge in [0.25, 0.3) is 5.56 Å². The molecule has 0 spiro atoms. The summed E-state index contributed by atoms with van der Waals surface area (Å²) in [6, 6.07) is 7.91. The molecule has 0 amide bonds. The lowest BCUT2D eigenvalue weighted by Crippen LogP contribution is -2.37. The second-order valence-corrected chi connectivity index (χ2v) is 4.80. The standard InChI is InChI=1S/C14H13N5O3/c1-17-13(21)5-6-18(14(17)22)8-10-9-19(16-15-10)11-3-2-4-12(20)7-11/h2-7,9,20H,8H2,1H3. The van der Waals surface area contributed by atoms with E-state index in [9.17, 15) is 14.7 Å². The molecule has 22 heavy (non-hydrogen) atoms. The molecular weight excluding hydrogens is 286 g/mol. The third-order valence-corrected chi connectivity index (χ3v) is 3.23. The van der Waals surface area contributed by atoms with Crippen LogP contribution in [0, 0.1) is 0 Å². The van der Waals surface area contributed by atoms with Gasteiger partial charge in [0, 0.05) is 25.4 Å². The fourth-order valence-electron chi connectivity index (χ4n) is 2.04. The Kier molecular flexibility index (Phi) is 3.34. The molecule has 0 radical (unpaired) electrons. The van der Waals surface area contributed by atoms with E-state index in [4.69, 9.17) is 0 Å². The molecule has 0 unspecified atom stereocenters. The van der Waals surface area contributed by atoms with Gasteiger partial charge in [-0.05, 0) is 12.1 Å². The number of aromatic hydroxyl groups is 1.